The molecule has 1 aliphatic heterocycles. The Hall–Kier alpha value is -0.830. The maximum absolute atomic E-state index is 5.50. The van der Waals surface area contributed by atoms with Crippen LogP contribution >= 0.6 is 35.7 Å². The van der Waals surface area contributed by atoms with Crippen molar-refractivity contribution < 1.29 is 4.74 Å². The summed E-state index contributed by atoms with van der Waals surface area (Å²) in [5.74, 6) is 3.24. The van der Waals surface area contributed by atoms with E-state index in [1.54, 1.807) is 7.11 Å². The second kappa shape index (κ2) is 13.4. The SMILES string of the molecule is CCNC(=NCCCCSC)N1CCN(c2ccccc2OC)CC1.I. The molecule has 0 radical (unpaired) electrons. The standard InChI is InChI=1S/C19H32N4OS.HI/c1-4-20-19(21-11-7-8-16-25-3)23-14-12-22(13-15-23)17-9-5-6-10-18(17)24-2;/h5-6,9-10H,4,7-8,11-16H2,1-3H3,(H,20,21);1H. The summed E-state index contributed by atoms with van der Waals surface area (Å²) in [6.45, 7) is 7.89. The van der Waals surface area contributed by atoms with Crippen molar-refractivity contribution in [3.8, 4) is 5.75 Å². The highest BCUT2D eigenvalue weighted by atomic mass is 127. The molecule has 7 heteroatoms. The van der Waals surface area contributed by atoms with Crippen LogP contribution in [0.2, 0.25) is 0 Å². The number of nitrogens with one attached hydrogen (secondary N) is 1. The van der Waals surface area contributed by atoms with E-state index in [-0.39, 0.29) is 24.0 Å². The minimum absolute atomic E-state index is 0. The van der Waals surface area contributed by atoms with E-state index in [1.165, 1.54) is 17.9 Å². The van der Waals surface area contributed by atoms with E-state index >= 15 is 0 Å². The van der Waals surface area contributed by atoms with Crippen LogP contribution in [0.1, 0.15) is 19.8 Å². The minimum atomic E-state index is 0. The van der Waals surface area contributed by atoms with E-state index in [1.807, 2.05) is 23.9 Å². The van der Waals surface area contributed by atoms with E-state index < -0.39 is 0 Å². The molecule has 1 fully saturated rings. The fourth-order valence-corrected chi connectivity index (χ4v) is 3.51. The third-order valence-electron chi connectivity index (χ3n) is 4.36. The van der Waals surface area contributed by atoms with Crippen LogP contribution < -0.4 is 15.0 Å². The van der Waals surface area contributed by atoms with Gasteiger partial charge in [0.2, 0.25) is 0 Å². The number of halogens is 1. The van der Waals surface area contributed by atoms with Gasteiger partial charge in [-0.15, -0.1) is 24.0 Å². The number of piperazine rings is 1. The van der Waals surface area contributed by atoms with Crippen molar-refractivity contribution >= 4 is 47.4 Å². The molecule has 148 valence electrons. The molecular formula is C19H33IN4OS. The Kier molecular flexibility index (Phi) is 11.9. The average molecular weight is 492 g/mol. The molecule has 0 bridgehead atoms. The molecule has 1 aliphatic rings. The number of hydrogen-bond acceptors (Lipinski definition) is 4. The first-order valence-electron chi connectivity index (χ1n) is 9.20. The molecular weight excluding hydrogens is 459 g/mol. The average Bonchev–Trinajstić information content (AvgIpc) is 2.67. The van der Waals surface area contributed by atoms with Gasteiger partial charge in [-0.25, -0.2) is 0 Å². The van der Waals surface area contributed by atoms with Crippen molar-refractivity contribution in [3.05, 3.63) is 24.3 Å². The predicted octanol–water partition coefficient (Wildman–Crippen LogP) is 3.54. The highest BCUT2D eigenvalue weighted by molar-refractivity contribution is 14.0. The summed E-state index contributed by atoms with van der Waals surface area (Å²) in [6.07, 6.45) is 4.57. The molecule has 0 aromatic heterocycles. The first kappa shape index (κ1) is 23.2. The Morgan fingerprint density at radius 2 is 1.92 bits per heavy atom. The molecule has 0 aliphatic carbocycles. The summed E-state index contributed by atoms with van der Waals surface area (Å²) in [7, 11) is 1.74. The summed E-state index contributed by atoms with van der Waals surface area (Å²) < 4.78 is 5.50. The number of ether oxygens (including phenoxy) is 1. The first-order chi connectivity index (χ1) is 12.3. The van der Waals surface area contributed by atoms with Crippen LogP contribution in [0.3, 0.4) is 0 Å². The number of unbranched alkanes of at least 4 members (excludes halogenated alkanes) is 1. The van der Waals surface area contributed by atoms with Crippen LogP contribution in [0.4, 0.5) is 5.69 Å². The van der Waals surface area contributed by atoms with Gasteiger partial charge in [0, 0.05) is 39.3 Å². The van der Waals surface area contributed by atoms with Gasteiger partial charge in [0.1, 0.15) is 5.75 Å². The fraction of sp³-hybridized carbons (Fsp3) is 0.632. The summed E-state index contributed by atoms with van der Waals surface area (Å²) in [4.78, 5) is 9.60. The summed E-state index contributed by atoms with van der Waals surface area (Å²) in [6, 6.07) is 8.26. The van der Waals surface area contributed by atoms with Crippen molar-refractivity contribution in [3.63, 3.8) is 0 Å². The number of para-hydroxylation sites is 2. The Bertz CT molecular complexity index is 536. The number of nitrogens with zero attached hydrogens (tertiary/aromatic N) is 3. The highest BCUT2D eigenvalue weighted by Gasteiger charge is 2.21. The number of methoxy groups -OCH3 is 1. The highest BCUT2D eigenvalue weighted by Crippen LogP contribution is 2.28. The lowest BCUT2D eigenvalue weighted by molar-refractivity contribution is 0.367. The van der Waals surface area contributed by atoms with Gasteiger partial charge < -0.3 is 19.9 Å². The van der Waals surface area contributed by atoms with E-state index in [0.717, 1.165) is 57.4 Å². The molecule has 0 saturated carbocycles. The number of rotatable bonds is 8. The van der Waals surface area contributed by atoms with Gasteiger partial charge in [0.05, 0.1) is 12.8 Å². The Balaban J connectivity index is 0.00000338. The molecule has 0 atom stereocenters. The van der Waals surface area contributed by atoms with Gasteiger partial charge >= 0.3 is 0 Å². The summed E-state index contributed by atoms with van der Waals surface area (Å²) in [5.41, 5.74) is 1.18. The van der Waals surface area contributed by atoms with Gasteiger partial charge in [-0.1, -0.05) is 12.1 Å². The predicted molar refractivity (Wildman–Crippen MR) is 126 cm³/mol. The van der Waals surface area contributed by atoms with Crippen molar-refractivity contribution in [2.45, 2.75) is 19.8 Å². The quantitative estimate of drug-likeness (QED) is 0.260. The smallest absolute Gasteiger partial charge is 0.194 e. The molecule has 1 saturated heterocycles. The number of benzene rings is 1. The maximum Gasteiger partial charge on any atom is 0.194 e. The summed E-state index contributed by atoms with van der Waals surface area (Å²) in [5, 5.41) is 3.45. The zero-order valence-electron chi connectivity index (χ0n) is 16.2. The molecule has 26 heavy (non-hydrogen) atoms. The number of guanidine groups is 1. The topological polar surface area (TPSA) is 40.1 Å². The normalized spacial score (nSPS) is 14.8. The van der Waals surface area contributed by atoms with Gasteiger partial charge in [-0.3, -0.25) is 4.99 Å². The van der Waals surface area contributed by atoms with E-state index in [0.29, 0.717) is 0 Å². The van der Waals surface area contributed by atoms with Crippen LogP contribution in [0.15, 0.2) is 29.3 Å². The minimum Gasteiger partial charge on any atom is -0.495 e. The molecule has 1 aromatic carbocycles. The van der Waals surface area contributed by atoms with Crippen molar-refractivity contribution in [1.29, 1.82) is 0 Å². The number of aliphatic imine (C=N–C) groups is 1. The molecule has 0 unspecified atom stereocenters. The molecule has 1 N–H and O–H groups in total. The monoisotopic (exact) mass is 492 g/mol. The van der Waals surface area contributed by atoms with Crippen molar-refractivity contribution in [2.24, 2.45) is 4.99 Å². The van der Waals surface area contributed by atoms with Gasteiger partial charge in [-0.05, 0) is 43.9 Å². The molecule has 1 heterocycles. The second-order valence-electron chi connectivity index (χ2n) is 6.08. The van der Waals surface area contributed by atoms with E-state index in [4.69, 9.17) is 9.73 Å². The summed E-state index contributed by atoms with van der Waals surface area (Å²) >= 11 is 1.91. The van der Waals surface area contributed by atoms with E-state index in [2.05, 4.69) is 40.4 Å². The van der Waals surface area contributed by atoms with E-state index in [9.17, 15) is 0 Å². The van der Waals surface area contributed by atoms with Gasteiger partial charge in [-0.2, -0.15) is 11.8 Å². The number of anilines is 1. The molecule has 0 spiro atoms. The third-order valence-corrected chi connectivity index (χ3v) is 5.06. The van der Waals surface area contributed by atoms with Crippen LogP contribution in [-0.4, -0.2) is 69.2 Å². The lowest BCUT2D eigenvalue weighted by Crippen LogP contribution is -2.52. The number of thioether (sulfide) groups is 1. The fourth-order valence-electron chi connectivity index (χ4n) is 3.02. The van der Waals surface area contributed by atoms with Crippen LogP contribution in [0.25, 0.3) is 0 Å². The lowest BCUT2D eigenvalue weighted by atomic mass is 10.2. The molecule has 0 amide bonds. The first-order valence-corrected chi connectivity index (χ1v) is 10.6. The van der Waals surface area contributed by atoms with Gasteiger partial charge in [0.15, 0.2) is 5.96 Å². The third kappa shape index (κ3) is 7.06. The van der Waals surface area contributed by atoms with Crippen LogP contribution in [-0.2, 0) is 0 Å². The maximum atomic E-state index is 5.50. The molecule has 2 rings (SSSR count). The Labute approximate surface area is 180 Å². The van der Waals surface area contributed by atoms with Crippen LogP contribution in [0, 0.1) is 0 Å². The Morgan fingerprint density at radius 1 is 1.19 bits per heavy atom. The second-order valence-corrected chi connectivity index (χ2v) is 7.07. The van der Waals surface area contributed by atoms with Crippen LogP contribution in [0.5, 0.6) is 5.75 Å². The number of hydrogen-bond donors (Lipinski definition) is 1. The van der Waals surface area contributed by atoms with Crippen molar-refractivity contribution in [1.82, 2.24) is 10.2 Å². The largest absolute Gasteiger partial charge is 0.495 e. The lowest BCUT2D eigenvalue weighted by Gasteiger charge is -2.38. The molecule has 1 aromatic rings. The Morgan fingerprint density at radius 3 is 2.58 bits per heavy atom. The van der Waals surface area contributed by atoms with Crippen molar-refractivity contribution in [2.75, 3.05) is 63.3 Å². The van der Waals surface area contributed by atoms with Gasteiger partial charge in [0.25, 0.3) is 0 Å². The zero-order chi connectivity index (χ0) is 17.9. The zero-order valence-corrected chi connectivity index (χ0v) is 19.4. The molecule has 5 nitrogen and oxygen atoms in total.